The maximum Gasteiger partial charge on any atom is 0.365 e. The highest BCUT2D eigenvalue weighted by atomic mass is 32.1. The van der Waals surface area contributed by atoms with E-state index >= 15 is 0 Å². The molecule has 1 aromatic rings. The number of carbonyl (C=O) groups is 2. The molecule has 0 saturated heterocycles. The van der Waals surface area contributed by atoms with E-state index in [1.165, 1.54) is 6.92 Å². The van der Waals surface area contributed by atoms with Gasteiger partial charge in [-0.2, -0.15) is 0 Å². The fourth-order valence-electron chi connectivity index (χ4n) is 0.843. The Hall–Kier alpha value is -1.69. The molecule has 15 heavy (non-hydrogen) atoms. The van der Waals surface area contributed by atoms with Crippen molar-refractivity contribution in [3.63, 3.8) is 0 Å². The fourth-order valence-corrected chi connectivity index (χ4v) is 1.47. The summed E-state index contributed by atoms with van der Waals surface area (Å²) in [6.07, 6.45) is 3.38. The van der Waals surface area contributed by atoms with Crippen LogP contribution in [0.3, 0.4) is 0 Å². The van der Waals surface area contributed by atoms with Gasteiger partial charge in [0, 0.05) is 18.8 Å². The van der Waals surface area contributed by atoms with Gasteiger partial charge in [0.15, 0.2) is 0 Å². The van der Waals surface area contributed by atoms with Crippen LogP contribution >= 0.6 is 11.3 Å². The van der Waals surface area contributed by atoms with Gasteiger partial charge in [-0.15, -0.1) is 11.3 Å². The molecule has 0 radical (unpaired) electrons. The van der Waals surface area contributed by atoms with Gasteiger partial charge in [-0.3, -0.25) is 4.79 Å². The van der Waals surface area contributed by atoms with Crippen molar-refractivity contribution in [1.29, 1.82) is 0 Å². The molecule has 1 aromatic heterocycles. The Morgan fingerprint density at radius 3 is 2.93 bits per heavy atom. The van der Waals surface area contributed by atoms with Gasteiger partial charge in [0.2, 0.25) is 10.9 Å². The minimum absolute atomic E-state index is 0.0641. The minimum Gasteiger partial charge on any atom is -0.476 e. The second-order valence-electron chi connectivity index (χ2n) is 2.72. The molecular weight excluding hydrogens is 216 g/mol. The molecule has 0 fully saturated rings. The lowest BCUT2D eigenvalue weighted by atomic mass is 10.4. The Kier molecular flexibility index (Phi) is 3.99. The van der Waals surface area contributed by atoms with Crippen molar-refractivity contribution in [2.75, 3.05) is 6.54 Å². The van der Waals surface area contributed by atoms with Crippen molar-refractivity contribution in [1.82, 2.24) is 10.3 Å². The zero-order valence-electron chi connectivity index (χ0n) is 8.06. The zero-order chi connectivity index (χ0) is 11.3. The minimum atomic E-state index is -1.03. The molecule has 0 aliphatic rings. The van der Waals surface area contributed by atoms with Gasteiger partial charge < -0.3 is 10.4 Å². The molecule has 1 rings (SSSR count). The summed E-state index contributed by atoms with van der Waals surface area (Å²) in [6, 6.07) is 0. The third-order valence-electron chi connectivity index (χ3n) is 1.46. The number of carboxylic acid groups (broad SMARTS) is 1. The molecule has 6 heteroatoms. The number of nitrogens with zero attached hydrogens (tertiary/aromatic N) is 1. The van der Waals surface area contributed by atoms with Crippen LogP contribution in [0, 0.1) is 0 Å². The van der Waals surface area contributed by atoms with Crippen LogP contribution in [0.5, 0.6) is 0 Å². The Bertz CT molecular complexity index is 398. The topological polar surface area (TPSA) is 79.3 Å². The molecule has 1 amide bonds. The van der Waals surface area contributed by atoms with Gasteiger partial charge in [0.05, 0.1) is 5.69 Å². The van der Waals surface area contributed by atoms with Crippen LogP contribution in [-0.2, 0) is 4.79 Å². The lowest BCUT2D eigenvalue weighted by molar-refractivity contribution is -0.118. The Morgan fingerprint density at radius 2 is 2.40 bits per heavy atom. The molecule has 0 aliphatic carbocycles. The molecule has 0 aromatic carbocycles. The number of carbonyl (C=O) groups excluding carboxylic acids is 1. The van der Waals surface area contributed by atoms with E-state index in [0.29, 0.717) is 12.2 Å². The predicted octanol–water partition coefficient (Wildman–Crippen LogP) is 0.991. The first kappa shape index (κ1) is 11.4. The average Bonchev–Trinajstić information content (AvgIpc) is 2.60. The molecule has 0 unspecified atom stereocenters. The Morgan fingerprint density at radius 1 is 1.67 bits per heavy atom. The van der Waals surface area contributed by atoms with E-state index < -0.39 is 5.97 Å². The van der Waals surface area contributed by atoms with Crippen LogP contribution in [0.15, 0.2) is 11.5 Å². The summed E-state index contributed by atoms with van der Waals surface area (Å²) in [7, 11) is 0. The summed E-state index contributed by atoms with van der Waals surface area (Å²) in [6.45, 7) is 1.84. The maximum atomic E-state index is 10.5. The highest BCUT2D eigenvalue weighted by Gasteiger charge is 2.06. The SMILES string of the molecule is CC(=O)NCC=Cc1csc(C(=O)O)n1. The summed E-state index contributed by atoms with van der Waals surface area (Å²) < 4.78 is 0. The lowest BCUT2D eigenvalue weighted by Gasteiger charge is -1.92. The van der Waals surface area contributed by atoms with Gasteiger partial charge in [0.1, 0.15) is 0 Å². The van der Waals surface area contributed by atoms with E-state index in [0.717, 1.165) is 11.3 Å². The number of aromatic nitrogens is 1. The molecule has 5 nitrogen and oxygen atoms in total. The number of carboxylic acids is 1. The fraction of sp³-hybridized carbons (Fsp3) is 0.222. The number of hydrogen-bond donors (Lipinski definition) is 2. The van der Waals surface area contributed by atoms with Crippen LogP contribution in [0.2, 0.25) is 0 Å². The standard InChI is InChI=1S/C9H10N2O3S/c1-6(12)10-4-2-3-7-5-15-8(11-7)9(13)14/h2-3,5H,4H2,1H3,(H,10,12)(H,13,14). The van der Waals surface area contributed by atoms with E-state index in [2.05, 4.69) is 10.3 Å². The summed E-state index contributed by atoms with van der Waals surface area (Å²) in [5.41, 5.74) is 0.586. The van der Waals surface area contributed by atoms with E-state index in [9.17, 15) is 9.59 Å². The van der Waals surface area contributed by atoms with Gasteiger partial charge in [-0.05, 0) is 6.08 Å². The largest absolute Gasteiger partial charge is 0.476 e. The second-order valence-corrected chi connectivity index (χ2v) is 3.58. The van der Waals surface area contributed by atoms with E-state index in [4.69, 9.17) is 5.11 Å². The predicted molar refractivity (Wildman–Crippen MR) is 56.8 cm³/mol. The van der Waals surface area contributed by atoms with Crippen molar-refractivity contribution in [3.05, 3.63) is 22.2 Å². The molecule has 80 valence electrons. The van der Waals surface area contributed by atoms with Gasteiger partial charge >= 0.3 is 5.97 Å². The normalized spacial score (nSPS) is 10.5. The van der Waals surface area contributed by atoms with Gasteiger partial charge in [-0.1, -0.05) is 6.08 Å². The van der Waals surface area contributed by atoms with E-state index in [1.807, 2.05) is 0 Å². The summed E-state index contributed by atoms with van der Waals surface area (Å²) in [5, 5.41) is 12.9. The molecule has 1 heterocycles. The van der Waals surface area contributed by atoms with Crippen molar-refractivity contribution in [3.8, 4) is 0 Å². The van der Waals surface area contributed by atoms with Crippen LogP contribution in [0.25, 0.3) is 6.08 Å². The third-order valence-corrected chi connectivity index (χ3v) is 2.31. The number of aromatic carboxylic acids is 1. The van der Waals surface area contributed by atoms with Crippen LogP contribution < -0.4 is 5.32 Å². The highest BCUT2D eigenvalue weighted by molar-refractivity contribution is 7.11. The van der Waals surface area contributed by atoms with Crippen LogP contribution in [-0.4, -0.2) is 28.5 Å². The second kappa shape index (κ2) is 5.26. The first-order valence-electron chi connectivity index (χ1n) is 4.19. The van der Waals surface area contributed by atoms with E-state index in [1.54, 1.807) is 17.5 Å². The van der Waals surface area contributed by atoms with Gasteiger partial charge in [-0.25, -0.2) is 9.78 Å². The average molecular weight is 226 g/mol. The van der Waals surface area contributed by atoms with Crippen molar-refractivity contribution >= 4 is 29.3 Å². The molecule has 0 atom stereocenters. The quantitative estimate of drug-likeness (QED) is 0.802. The summed E-state index contributed by atoms with van der Waals surface area (Å²) >= 11 is 1.07. The molecule has 2 N–H and O–H groups in total. The number of rotatable bonds is 4. The molecule has 0 aliphatic heterocycles. The number of thiazole rings is 1. The van der Waals surface area contributed by atoms with Crippen LogP contribution in [0.4, 0.5) is 0 Å². The summed E-state index contributed by atoms with van der Waals surface area (Å²) in [4.78, 5) is 24.9. The van der Waals surface area contributed by atoms with Crippen molar-refractivity contribution in [2.24, 2.45) is 0 Å². The molecule has 0 saturated carbocycles. The van der Waals surface area contributed by atoms with Crippen molar-refractivity contribution in [2.45, 2.75) is 6.92 Å². The maximum absolute atomic E-state index is 10.5. The number of nitrogens with one attached hydrogen (secondary N) is 1. The van der Waals surface area contributed by atoms with Gasteiger partial charge in [0.25, 0.3) is 0 Å². The summed E-state index contributed by atoms with van der Waals surface area (Å²) in [5.74, 6) is -1.13. The molecular formula is C9H10N2O3S. The number of amides is 1. The molecule has 0 bridgehead atoms. The number of hydrogen-bond acceptors (Lipinski definition) is 4. The Balaban J connectivity index is 2.50. The lowest BCUT2D eigenvalue weighted by Crippen LogP contribution is -2.19. The molecule has 0 spiro atoms. The zero-order valence-corrected chi connectivity index (χ0v) is 8.87. The van der Waals surface area contributed by atoms with E-state index in [-0.39, 0.29) is 10.9 Å². The first-order valence-corrected chi connectivity index (χ1v) is 5.07. The monoisotopic (exact) mass is 226 g/mol. The van der Waals surface area contributed by atoms with Crippen molar-refractivity contribution < 1.29 is 14.7 Å². The van der Waals surface area contributed by atoms with Crippen LogP contribution in [0.1, 0.15) is 22.4 Å². The Labute approximate surface area is 90.5 Å². The first-order chi connectivity index (χ1) is 7.09. The third kappa shape index (κ3) is 3.90. The smallest absolute Gasteiger partial charge is 0.365 e. The highest BCUT2D eigenvalue weighted by Crippen LogP contribution is 2.10.